The molecule has 0 saturated heterocycles. The third-order valence-corrected chi connectivity index (χ3v) is 6.68. The fraction of sp³-hybridized carbons (Fsp3) is 0.235. The van der Waals surface area contributed by atoms with Crippen LogP contribution in [0.3, 0.4) is 0 Å². The van der Waals surface area contributed by atoms with Gasteiger partial charge in [-0.1, -0.05) is 6.92 Å². The molecule has 4 rings (SSSR count). The topological polar surface area (TPSA) is 82.1 Å². The lowest BCUT2D eigenvalue weighted by atomic mass is 10.2. The Hall–Kier alpha value is -2.47. The van der Waals surface area contributed by atoms with Crippen LogP contribution in [0.4, 0.5) is 13.2 Å². The molecule has 0 amide bonds. The molecule has 0 atom stereocenters. The van der Waals surface area contributed by atoms with Gasteiger partial charge < -0.3 is 0 Å². The molecular weight excluding hydrogens is 475 g/mol. The lowest BCUT2D eigenvalue weighted by Gasteiger charge is -2.06. The summed E-state index contributed by atoms with van der Waals surface area (Å²) in [6.07, 6.45) is -1.97. The van der Waals surface area contributed by atoms with Gasteiger partial charge in [-0.3, -0.25) is 9.38 Å². The number of alkyl halides is 3. The molecule has 0 aliphatic rings. The van der Waals surface area contributed by atoms with E-state index < -0.39 is 21.7 Å². The highest BCUT2D eigenvalue weighted by molar-refractivity contribution is 9.10. The van der Waals surface area contributed by atoms with E-state index in [1.807, 2.05) is 0 Å². The van der Waals surface area contributed by atoms with Crippen molar-refractivity contribution in [3.05, 3.63) is 46.5 Å². The molecule has 0 N–H and O–H groups in total. The first-order valence-corrected chi connectivity index (χ1v) is 10.8. The van der Waals surface area contributed by atoms with E-state index in [-0.39, 0.29) is 22.1 Å². The van der Waals surface area contributed by atoms with E-state index >= 15 is 0 Å². The highest BCUT2D eigenvalue weighted by Crippen LogP contribution is 2.32. The monoisotopic (exact) mass is 487 g/mol. The van der Waals surface area contributed by atoms with Crippen molar-refractivity contribution in [2.24, 2.45) is 0 Å². The molecule has 4 heterocycles. The molecule has 0 aliphatic heterocycles. The number of aromatic nitrogens is 5. The first kappa shape index (κ1) is 19.8. The number of fused-ring (bicyclic) bond motifs is 2. The maximum atomic E-state index is 13.0. The molecule has 12 heteroatoms. The third-order valence-electron chi connectivity index (χ3n) is 4.48. The zero-order chi connectivity index (χ0) is 21.1. The summed E-state index contributed by atoms with van der Waals surface area (Å²) in [5.74, 6) is -0.160. The van der Waals surface area contributed by atoms with Crippen molar-refractivity contribution in [1.29, 1.82) is 0 Å². The largest absolute Gasteiger partial charge is 0.433 e. The van der Waals surface area contributed by atoms with Gasteiger partial charge in [0.15, 0.2) is 20.7 Å². The van der Waals surface area contributed by atoms with Gasteiger partial charge in [0.25, 0.3) is 0 Å². The molecule has 0 aromatic carbocycles. The van der Waals surface area contributed by atoms with Crippen LogP contribution in [0.2, 0.25) is 0 Å². The smallest absolute Gasteiger partial charge is 0.287 e. The second-order valence-corrected chi connectivity index (χ2v) is 9.41. The van der Waals surface area contributed by atoms with Crippen LogP contribution < -0.4 is 0 Å². The first-order valence-electron chi connectivity index (χ1n) is 8.36. The molecule has 7 nitrogen and oxygen atoms in total. The van der Waals surface area contributed by atoms with Crippen LogP contribution >= 0.6 is 15.9 Å². The molecule has 4 aromatic heterocycles. The number of hydrogen-bond donors (Lipinski definition) is 0. The Kier molecular flexibility index (Phi) is 4.46. The molecule has 0 aliphatic carbocycles. The lowest BCUT2D eigenvalue weighted by molar-refractivity contribution is -0.141. The minimum absolute atomic E-state index is 0.0206. The van der Waals surface area contributed by atoms with Gasteiger partial charge in [-0.25, -0.2) is 18.1 Å². The summed E-state index contributed by atoms with van der Waals surface area (Å²) < 4.78 is 67.9. The predicted octanol–water partition coefficient (Wildman–Crippen LogP) is 3.95. The molecule has 0 spiro atoms. The standard InChI is InChI=1S/C17H13BrF3N5O2S/c1-3-29(27,28)16-15(23-14-5-4-10(18)8-25(14)16)26-9(2)11-7-22-13(17(19,20)21)6-12(11)24-26/h4-8H,3H2,1-2H3. The summed E-state index contributed by atoms with van der Waals surface area (Å²) in [5.41, 5.74) is -0.238. The normalized spacial score (nSPS) is 12.9. The van der Waals surface area contributed by atoms with Gasteiger partial charge in [-0.15, -0.1) is 0 Å². The summed E-state index contributed by atoms with van der Waals surface area (Å²) in [7, 11) is -3.74. The van der Waals surface area contributed by atoms with E-state index in [0.717, 1.165) is 12.3 Å². The number of imidazole rings is 1. The van der Waals surface area contributed by atoms with Crippen molar-refractivity contribution in [3.63, 3.8) is 0 Å². The number of rotatable bonds is 3. The van der Waals surface area contributed by atoms with E-state index in [2.05, 4.69) is 31.0 Å². The average molecular weight is 488 g/mol. The maximum absolute atomic E-state index is 13.0. The molecule has 4 aromatic rings. The van der Waals surface area contributed by atoms with Crippen LogP contribution in [0.15, 0.2) is 40.1 Å². The lowest BCUT2D eigenvalue weighted by Crippen LogP contribution is -2.12. The van der Waals surface area contributed by atoms with Gasteiger partial charge in [-0.2, -0.15) is 18.3 Å². The zero-order valence-electron chi connectivity index (χ0n) is 15.1. The Balaban J connectivity index is 2.06. The van der Waals surface area contributed by atoms with Crippen molar-refractivity contribution < 1.29 is 21.6 Å². The van der Waals surface area contributed by atoms with Gasteiger partial charge in [0.05, 0.1) is 17.0 Å². The van der Waals surface area contributed by atoms with Crippen LogP contribution in [-0.2, 0) is 16.0 Å². The van der Waals surface area contributed by atoms with Crippen LogP contribution in [0.5, 0.6) is 0 Å². The summed E-state index contributed by atoms with van der Waals surface area (Å²) in [5, 5.41) is 4.49. The molecule has 0 radical (unpaired) electrons. The molecule has 0 fully saturated rings. The molecule has 152 valence electrons. The predicted molar refractivity (Wildman–Crippen MR) is 103 cm³/mol. The zero-order valence-corrected chi connectivity index (χ0v) is 17.5. The van der Waals surface area contributed by atoms with Crippen molar-refractivity contribution in [1.82, 2.24) is 24.1 Å². The SMILES string of the molecule is CCS(=O)(=O)c1c(-n2nc3cc(C(F)(F)F)ncc3c2C)nc2ccc(Br)cn12. The van der Waals surface area contributed by atoms with Gasteiger partial charge >= 0.3 is 6.18 Å². The van der Waals surface area contributed by atoms with Gasteiger partial charge in [0, 0.05) is 22.3 Å². The van der Waals surface area contributed by atoms with Gasteiger partial charge in [0.1, 0.15) is 11.3 Å². The molecule has 0 bridgehead atoms. The molecule has 0 saturated carbocycles. The third kappa shape index (κ3) is 3.19. The van der Waals surface area contributed by atoms with Crippen molar-refractivity contribution in [3.8, 4) is 5.82 Å². The molecule has 0 unspecified atom stereocenters. The number of halogens is 4. The van der Waals surface area contributed by atoms with Crippen LogP contribution in [0.25, 0.3) is 22.4 Å². The minimum Gasteiger partial charge on any atom is -0.287 e. The summed E-state index contributed by atoms with van der Waals surface area (Å²) in [4.78, 5) is 7.85. The number of hydrogen-bond acceptors (Lipinski definition) is 5. The number of pyridine rings is 2. The fourth-order valence-corrected chi connectivity index (χ4v) is 4.48. The summed E-state index contributed by atoms with van der Waals surface area (Å²) >= 11 is 3.31. The highest BCUT2D eigenvalue weighted by atomic mass is 79.9. The van der Waals surface area contributed by atoms with Crippen LogP contribution in [0, 0.1) is 6.92 Å². The second-order valence-electron chi connectivity index (χ2n) is 6.30. The first-order chi connectivity index (χ1) is 13.5. The Morgan fingerprint density at radius 1 is 1.24 bits per heavy atom. The second kappa shape index (κ2) is 6.52. The van der Waals surface area contributed by atoms with E-state index in [0.29, 0.717) is 21.2 Å². The number of sulfone groups is 1. The van der Waals surface area contributed by atoms with E-state index in [1.54, 1.807) is 25.3 Å². The Morgan fingerprint density at radius 2 is 1.97 bits per heavy atom. The Bertz CT molecular complexity index is 1380. The Labute approximate surface area is 171 Å². The van der Waals surface area contributed by atoms with Crippen molar-refractivity contribution in [2.75, 3.05) is 5.75 Å². The number of aryl methyl sites for hydroxylation is 1. The van der Waals surface area contributed by atoms with E-state index in [4.69, 9.17) is 0 Å². The maximum Gasteiger partial charge on any atom is 0.433 e. The highest BCUT2D eigenvalue weighted by Gasteiger charge is 2.33. The van der Waals surface area contributed by atoms with E-state index in [1.165, 1.54) is 16.0 Å². The van der Waals surface area contributed by atoms with Gasteiger partial charge in [0.2, 0.25) is 0 Å². The summed E-state index contributed by atoms with van der Waals surface area (Å²) in [6, 6.07) is 4.17. The quantitative estimate of drug-likeness (QED) is 0.436. The fourth-order valence-electron chi connectivity index (χ4n) is 3.01. The Morgan fingerprint density at radius 3 is 2.62 bits per heavy atom. The molecular formula is C17H13BrF3N5O2S. The molecule has 29 heavy (non-hydrogen) atoms. The van der Waals surface area contributed by atoms with Gasteiger partial charge in [-0.05, 0) is 41.1 Å². The van der Waals surface area contributed by atoms with Crippen LogP contribution in [-0.4, -0.2) is 38.3 Å². The van der Waals surface area contributed by atoms with Crippen LogP contribution in [0.1, 0.15) is 18.3 Å². The summed E-state index contributed by atoms with van der Waals surface area (Å²) in [6.45, 7) is 3.12. The van der Waals surface area contributed by atoms with Crippen molar-refractivity contribution in [2.45, 2.75) is 25.0 Å². The minimum atomic E-state index is -4.61. The van der Waals surface area contributed by atoms with Crippen molar-refractivity contribution >= 4 is 42.3 Å². The van der Waals surface area contributed by atoms with E-state index in [9.17, 15) is 21.6 Å². The number of nitrogens with zero attached hydrogens (tertiary/aromatic N) is 5. The average Bonchev–Trinajstić information content (AvgIpc) is 3.18.